The van der Waals surface area contributed by atoms with Gasteiger partial charge in [-0.15, -0.1) is 0 Å². The van der Waals surface area contributed by atoms with Crippen LogP contribution in [0.1, 0.15) is 108 Å². The summed E-state index contributed by atoms with van der Waals surface area (Å²) in [5.41, 5.74) is 3.22. The maximum Gasteiger partial charge on any atom is 0.161 e. The Hall–Kier alpha value is -3.66. The monoisotopic (exact) mass is 600 g/mol. The molecule has 0 rings (SSSR count). The Morgan fingerprint density at radius 3 is 1.05 bits per heavy atom. The summed E-state index contributed by atoms with van der Waals surface area (Å²) in [6, 6.07) is 0. The summed E-state index contributed by atoms with van der Waals surface area (Å²) in [4.78, 5) is 47.4. The fourth-order valence-corrected chi connectivity index (χ4v) is 4.01. The highest BCUT2D eigenvalue weighted by Gasteiger charge is 2.25. The maximum atomic E-state index is 12.6. The van der Waals surface area contributed by atoms with Gasteiger partial charge in [0, 0.05) is 23.7 Å². The van der Waals surface area contributed by atoms with Gasteiger partial charge in [-0.1, -0.05) is 123 Å². The van der Waals surface area contributed by atoms with Crippen molar-refractivity contribution in [3.05, 3.63) is 107 Å². The molecule has 0 aliphatic carbocycles. The lowest BCUT2D eigenvalue weighted by Crippen LogP contribution is -2.22. The van der Waals surface area contributed by atoms with Gasteiger partial charge in [-0.3, -0.25) is 9.59 Å². The van der Waals surface area contributed by atoms with Gasteiger partial charge in [-0.05, 0) is 79.4 Å². The lowest BCUT2D eigenvalue weighted by molar-refractivity contribution is -0.123. The Labute approximate surface area is 267 Å². The van der Waals surface area contributed by atoms with Crippen molar-refractivity contribution in [2.45, 2.75) is 108 Å². The summed E-state index contributed by atoms with van der Waals surface area (Å²) in [6.07, 6.45) is 30.8. The predicted molar refractivity (Wildman–Crippen MR) is 187 cm³/mol. The van der Waals surface area contributed by atoms with Gasteiger partial charge in [0.15, 0.2) is 11.6 Å². The Balaban J connectivity index is 4.88. The van der Waals surface area contributed by atoms with E-state index in [1.807, 2.05) is 128 Å². The van der Waals surface area contributed by atoms with Crippen molar-refractivity contribution in [1.29, 1.82) is 0 Å². The molecular weight excluding hydrogens is 544 g/mol. The van der Waals surface area contributed by atoms with Gasteiger partial charge in [0.05, 0.1) is 0 Å². The quantitative estimate of drug-likeness (QED) is 0.103. The summed E-state index contributed by atoms with van der Waals surface area (Å²) in [5, 5.41) is 0. The number of carbonyl (C=O) groups is 4. The van der Waals surface area contributed by atoms with Gasteiger partial charge in [0.1, 0.15) is 11.6 Å². The molecule has 0 N–H and O–H groups in total. The largest absolute Gasteiger partial charge is 0.300 e. The summed E-state index contributed by atoms with van der Waals surface area (Å²) in [6.45, 7) is 18.9. The predicted octanol–water partition coefficient (Wildman–Crippen LogP) is 10.3. The average molecular weight is 601 g/mol. The molecule has 0 bridgehead atoms. The first kappa shape index (κ1) is 40.3. The zero-order valence-electron chi connectivity index (χ0n) is 29.0. The summed E-state index contributed by atoms with van der Waals surface area (Å²) < 4.78 is 0. The third kappa shape index (κ3) is 20.3. The van der Waals surface area contributed by atoms with E-state index in [-0.39, 0.29) is 23.1 Å². The fraction of sp³-hybridized carbons (Fsp3) is 0.450. The first-order chi connectivity index (χ1) is 20.5. The molecule has 0 saturated heterocycles. The van der Waals surface area contributed by atoms with Crippen molar-refractivity contribution in [3.63, 3.8) is 0 Å². The second-order valence-corrected chi connectivity index (χ2v) is 13.0. The maximum absolute atomic E-state index is 12.6. The highest BCUT2D eigenvalue weighted by atomic mass is 16.1. The van der Waals surface area contributed by atoms with Crippen LogP contribution >= 0.6 is 0 Å². The average Bonchev–Trinajstić information content (AvgIpc) is 2.91. The number of carbonyl (C=O) groups excluding carboxylic acids is 4. The number of hydrogen-bond donors (Lipinski definition) is 0. The molecular formula is C40H56O4. The van der Waals surface area contributed by atoms with Gasteiger partial charge >= 0.3 is 0 Å². The second-order valence-electron chi connectivity index (χ2n) is 13.0. The number of hydrogen-bond acceptors (Lipinski definition) is 4. The van der Waals surface area contributed by atoms with Crippen molar-refractivity contribution in [2.24, 2.45) is 10.8 Å². The highest BCUT2D eigenvalue weighted by molar-refractivity contribution is 5.95. The lowest BCUT2D eigenvalue weighted by atomic mass is 9.82. The third-order valence-corrected chi connectivity index (χ3v) is 7.26. The van der Waals surface area contributed by atoms with Crippen LogP contribution in [0.15, 0.2) is 107 Å². The van der Waals surface area contributed by atoms with Crippen LogP contribution in [0.4, 0.5) is 0 Å². The first-order valence-electron chi connectivity index (χ1n) is 15.6. The van der Waals surface area contributed by atoms with Crippen LogP contribution in [0, 0.1) is 10.8 Å². The van der Waals surface area contributed by atoms with E-state index in [1.54, 1.807) is 26.0 Å². The Morgan fingerprint density at radius 2 is 0.727 bits per heavy atom. The van der Waals surface area contributed by atoms with E-state index in [0.29, 0.717) is 25.7 Å². The molecule has 0 atom stereocenters. The summed E-state index contributed by atoms with van der Waals surface area (Å²) in [7, 11) is 0. The van der Waals surface area contributed by atoms with Crippen molar-refractivity contribution in [3.8, 4) is 0 Å². The molecule has 0 aliphatic heterocycles. The van der Waals surface area contributed by atoms with Gasteiger partial charge < -0.3 is 9.59 Å². The topological polar surface area (TPSA) is 68.3 Å². The molecule has 0 aromatic rings. The molecule has 240 valence electrons. The molecule has 0 spiro atoms. The standard InChI is InChI=1S/C40H56O4/c1-31(19-13-21-33(3)25-27-37(43)39(7,8)29-15-23-35(5)41)17-11-12-18-32(2)20-14-22-34(4)26-28-38(44)40(9,10)30-16-24-36(6)42/h11-14,17-22,25-28H,15-16,23-24,29-30H2,1-10H3/b12-11+,19-13+,20-14+,27-25+,28-26+,31-17+,32-18+,33-21+,34-22+. The van der Waals surface area contributed by atoms with Crippen LogP contribution in [0.25, 0.3) is 0 Å². The molecule has 0 aromatic carbocycles. The van der Waals surface area contributed by atoms with Crippen molar-refractivity contribution in [1.82, 2.24) is 0 Å². The van der Waals surface area contributed by atoms with E-state index >= 15 is 0 Å². The van der Waals surface area contributed by atoms with E-state index in [0.717, 1.165) is 35.1 Å². The minimum atomic E-state index is -0.471. The van der Waals surface area contributed by atoms with Crippen LogP contribution < -0.4 is 0 Å². The molecule has 44 heavy (non-hydrogen) atoms. The SMILES string of the molecule is CC(=O)CCCC(C)(C)C(=O)/C=C/C(C)=C/C=C/C(C)=C/C=C/C=C(C)/C=C/C=C(C)/C=C/C(=O)C(C)(C)CCCC(C)=O. The van der Waals surface area contributed by atoms with E-state index in [2.05, 4.69) is 0 Å². The zero-order valence-corrected chi connectivity index (χ0v) is 29.0. The smallest absolute Gasteiger partial charge is 0.161 e. The third-order valence-electron chi connectivity index (χ3n) is 7.26. The van der Waals surface area contributed by atoms with E-state index in [4.69, 9.17) is 0 Å². The molecule has 0 amide bonds. The molecule has 0 aliphatic rings. The van der Waals surface area contributed by atoms with Crippen LogP contribution in [0.2, 0.25) is 0 Å². The minimum Gasteiger partial charge on any atom is -0.300 e. The van der Waals surface area contributed by atoms with Crippen LogP contribution in [-0.4, -0.2) is 23.1 Å². The molecule has 4 heteroatoms. The van der Waals surface area contributed by atoms with Gasteiger partial charge in [-0.2, -0.15) is 0 Å². The number of ketones is 4. The molecule has 0 aromatic heterocycles. The van der Waals surface area contributed by atoms with Crippen LogP contribution in [-0.2, 0) is 19.2 Å². The second kappa shape index (κ2) is 21.1. The zero-order chi connectivity index (χ0) is 33.8. The van der Waals surface area contributed by atoms with Crippen molar-refractivity contribution >= 4 is 23.1 Å². The van der Waals surface area contributed by atoms with Crippen molar-refractivity contribution in [2.75, 3.05) is 0 Å². The van der Waals surface area contributed by atoms with Crippen LogP contribution in [0.3, 0.4) is 0 Å². The minimum absolute atomic E-state index is 0.0745. The van der Waals surface area contributed by atoms with Crippen LogP contribution in [0.5, 0.6) is 0 Å². The lowest BCUT2D eigenvalue weighted by Gasteiger charge is -2.20. The molecule has 0 saturated carbocycles. The molecule has 0 heterocycles. The number of allylic oxidation sites excluding steroid dienone is 18. The fourth-order valence-electron chi connectivity index (χ4n) is 4.01. The molecule has 0 fully saturated rings. The molecule has 0 unspecified atom stereocenters. The number of Topliss-reactive ketones (excluding diaryl/α,β-unsaturated/α-hetero) is 2. The van der Waals surface area contributed by atoms with E-state index in [9.17, 15) is 19.2 Å². The van der Waals surface area contributed by atoms with Gasteiger partial charge in [-0.25, -0.2) is 0 Å². The van der Waals surface area contributed by atoms with E-state index in [1.165, 1.54) is 0 Å². The summed E-state index contributed by atoms with van der Waals surface area (Å²) in [5.74, 6) is 0.469. The summed E-state index contributed by atoms with van der Waals surface area (Å²) >= 11 is 0. The molecule has 0 radical (unpaired) electrons. The first-order valence-corrected chi connectivity index (χ1v) is 15.6. The van der Waals surface area contributed by atoms with E-state index < -0.39 is 10.8 Å². The highest BCUT2D eigenvalue weighted by Crippen LogP contribution is 2.26. The Morgan fingerprint density at radius 1 is 0.432 bits per heavy atom. The Bertz CT molecular complexity index is 1170. The van der Waals surface area contributed by atoms with Crippen molar-refractivity contribution < 1.29 is 19.2 Å². The normalized spacial score (nSPS) is 14.7. The Kier molecular flexibility index (Phi) is 19.4. The number of rotatable bonds is 20. The molecule has 4 nitrogen and oxygen atoms in total. The van der Waals surface area contributed by atoms with Gasteiger partial charge in [0.2, 0.25) is 0 Å². The van der Waals surface area contributed by atoms with Gasteiger partial charge in [0.25, 0.3) is 0 Å².